The fraction of sp³-hybridized carbons (Fsp3) is 0.500. The molecule has 0 spiro atoms. The Morgan fingerprint density at radius 3 is 2.70 bits per heavy atom. The highest BCUT2D eigenvalue weighted by atomic mass is 35.5. The normalized spacial score (nSPS) is 10.6. The van der Waals surface area contributed by atoms with E-state index in [4.69, 9.17) is 11.6 Å². The maximum absolute atomic E-state index is 5.94. The molecule has 0 aliphatic heterocycles. The maximum Gasteiger partial charge on any atom is 0.231 e. The monoisotopic (exact) mass is 295 g/mol. The molecule has 0 bridgehead atoms. The molecule has 7 nitrogen and oxygen atoms in total. The zero-order valence-corrected chi connectivity index (χ0v) is 12.4. The highest BCUT2D eigenvalue weighted by molar-refractivity contribution is 6.28. The third-order valence-corrected chi connectivity index (χ3v) is 3.04. The minimum absolute atomic E-state index is 0.200. The SMILES string of the molecule is CCN(CC)c1nc(Cl)nc(NCCc2cnc[nH]2)n1. The summed E-state index contributed by atoms with van der Waals surface area (Å²) in [6.07, 6.45) is 4.26. The van der Waals surface area contributed by atoms with E-state index in [0.29, 0.717) is 18.4 Å². The Morgan fingerprint density at radius 2 is 2.05 bits per heavy atom. The van der Waals surface area contributed by atoms with Crippen LogP contribution in [0.25, 0.3) is 0 Å². The Kier molecular flexibility index (Phi) is 5.11. The van der Waals surface area contributed by atoms with Crippen molar-refractivity contribution in [3.05, 3.63) is 23.5 Å². The molecule has 0 fully saturated rings. The summed E-state index contributed by atoms with van der Waals surface area (Å²) in [7, 11) is 0. The average Bonchev–Trinajstić information content (AvgIpc) is 2.93. The molecule has 0 radical (unpaired) electrons. The van der Waals surface area contributed by atoms with Gasteiger partial charge >= 0.3 is 0 Å². The first-order valence-corrected chi connectivity index (χ1v) is 6.98. The van der Waals surface area contributed by atoms with Crippen molar-refractivity contribution < 1.29 is 0 Å². The van der Waals surface area contributed by atoms with Crippen LogP contribution >= 0.6 is 11.6 Å². The van der Waals surface area contributed by atoms with E-state index in [2.05, 4.69) is 30.2 Å². The molecule has 0 saturated carbocycles. The second kappa shape index (κ2) is 7.04. The summed E-state index contributed by atoms with van der Waals surface area (Å²) in [6.45, 7) is 6.44. The Balaban J connectivity index is 2.00. The summed E-state index contributed by atoms with van der Waals surface area (Å²) in [4.78, 5) is 21.6. The van der Waals surface area contributed by atoms with Crippen LogP contribution in [-0.4, -0.2) is 44.6 Å². The molecule has 0 atom stereocenters. The minimum atomic E-state index is 0.200. The first kappa shape index (κ1) is 14.5. The Hall–Kier alpha value is -1.89. The van der Waals surface area contributed by atoms with E-state index in [1.54, 1.807) is 12.5 Å². The molecule has 8 heteroatoms. The third-order valence-electron chi connectivity index (χ3n) is 2.87. The van der Waals surface area contributed by atoms with Crippen molar-refractivity contribution in [1.82, 2.24) is 24.9 Å². The highest BCUT2D eigenvalue weighted by Crippen LogP contribution is 2.13. The van der Waals surface area contributed by atoms with Crippen LogP contribution in [0, 0.1) is 0 Å². The lowest BCUT2D eigenvalue weighted by Gasteiger charge is -2.18. The summed E-state index contributed by atoms with van der Waals surface area (Å²) in [5.74, 6) is 1.09. The number of hydrogen-bond acceptors (Lipinski definition) is 6. The first-order valence-electron chi connectivity index (χ1n) is 6.60. The van der Waals surface area contributed by atoms with Gasteiger partial charge in [-0.1, -0.05) is 0 Å². The molecule has 2 N–H and O–H groups in total. The van der Waals surface area contributed by atoms with E-state index in [1.165, 1.54) is 0 Å². The van der Waals surface area contributed by atoms with Gasteiger partial charge in [-0.2, -0.15) is 15.0 Å². The van der Waals surface area contributed by atoms with E-state index in [1.807, 2.05) is 18.7 Å². The molecule has 2 rings (SSSR count). The third kappa shape index (κ3) is 3.80. The lowest BCUT2D eigenvalue weighted by Crippen LogP contribution is -2.25. The van der Waals surface area contributed by atoms with Gasteiger partial charge in [-0.3, -0.25) is 0 Å². The molecular weight excluding hydrogens is 278 g/mol. The van der Waals surface area contributed by atoms with Crippen LogP contribution in [0.3, 0.4) is 0 Å². The summed E-state index contributed by atoms with van der Waals surface area (Å²) < 4.78 is 0. The summed E-state index contributed by atoms with van der Waals surface area (Å²) in [5.41, 5.74) is 1.06. The summed E-state index contributed by atoms with van der Waals surface area (Å²) in [5, 5.41) is 3.35. The topological polar surface area (TPSA) is 82.6 Å². The first-order chi connectivity index (χ1) is 9.72. The van der Waals surface area contributed by atoms with E-state index in [-0.39, 0.29) is 5.28 Å². The van der Waals surface area contributed by atoms with E-state index in [9.17, 15) is 0 Å². The average molecular weight is 296 g/mol. The number of H-pyrrole nitrogens is 1. The number of aromatic nitrogens is 5. The zero-order valence-electron chi connectivity index (χ0n) is 11.6. The van der Waals surface area contributed by atoms with Gasteiger partial charge in [0.25, 0.3) is 0 Å². The van der Waals surface area contributed by atoms with Crippen molar-refractivity contribution >= 4 is 23.5 Å². The van der Waals surface area contributed by atoms with Gasteiger partial charge in [0, 0.05) is 37.9 Å². The molecule has 108 valence electrons. The van der Waals surface area contributed by atoms with Crippen molar-refractivity contribution in [2.45, 2.75) is 20.3 Å². The molecule has 0 saturated heterocycles. The zero-order chi connectivity index (χ0) is 14.4. The van der Waals surface area contributed by atoms with Gasteiger partial charge in [0.05, 0.1) is 6.33 Å². The molecule has 0 aliphatic rings. The number of anilines is 2. The smallest absolute Gasteiger partial charge is 0.231 e. The Morgan fingerprint density at radius 1 is 1.25 bits per heavy atom. The Bertz CT molecular complexity index is 525. The molecule has 2 aromatic rings. The predicted octanol–water partition coefficient (Wildman–Crippen LogP) is 1.75. The molecule has 0 aliphatic carbocycles. The lowest BCUT2D eigenvalue weighted by molar-refractivity contribution is 0.810. The van der Waals surface area contributed by atoms with Crippen molar-refractivity contribution in [1.29, 1.82) is 0 Å². The number of hydrogen-bond donors (Lipinski definition) is 2. The standard InChI is InChI=1S/C12H18ClN7/c1-3-20(4-2)12-18-10(13)17-11(19-12)15-6-5-9-7-14-8-16-9/h7-8H,3-6H2,1-2H3,(H,14,16)(H,15,17,18,19). The van der Waals surface area contributed by atoms with Crippen LogP contribution in [0.5, 0.6) is 0 Å². The second-order valence-corrected chi connectivity index (χ2v) is 4.49. The number of halogens is 1. The summed E-state index contributed by atoms with van der Waals surface area (Å²) >= 11 is 5.94. The van der Waals surface area contributed by atoms with Gasteiger partial charge in [0.15, 0.2) is 0 Å². The maximum atomic E-state index is 5.94. The molecule has 0 amide bonds. The number of nitrogens with zero attached hydrogens (tertiary/aromatic N) is 5. The fourth-order valence-electron chi connectivity index (χ4n) is 1.80. The quantitative estimate of drug-likeness (QED) is 0.810. The van der Waals surface area contributed by atoms with Gasteiger partial charge in [-0.15, -0.1) is 0 Å². The van der Waals surface area contributed by atoms with Crippen molar-refractivity contribution in [3.63, 3.8) is 0 Å². The number of aromatic amines is 1. The molecule has 20 heavy (non-hydrogen) atoms. The molecule has 2 aromatic heterocycles. The van der Waals surface area contributed by atoms with Crippen molar-refractivity contribution in [2.75, 3.05) is 29.9 Å². The lowest BCUT2D eigenvalue weighted by atomic mass is 10.3. The molecule has 2 heterocycles. The van der Waals surface area contributed by atoms with Crippen molar-refractivity contribution in [3.8, 4) is 0 Å². The van der Waals surface area contributed by atoms with E-state index in [0.717, 1.165) is 25.2 Å². The van der Waals surface area contributed by atoms with Crippen LogP contribution in [0.15, 0.2) is 12.5 Å². The molecular formula is C12H18ClN7. The molecule has 0 unspecified atom stereocenters. The van der Waals surface area contributed by atoms with Crippen LogP contribution in [0.2, 0.25) is 5.28 Å². The van der Waals surface area contributed by atoms with Crippen LogP contribution in [0.1, 0.15) is 19.5 Å². The van der Waals surface area contributed by atoms with Gasteiger partial charge < -0.3 is 15.2 Å². The van der Waals surface area contributed by atoms with Gasteiger partial charge in [0.2, 0.25) is 17.2 Å². The second-order valence-electron chi connectivity index (χ2n) is 4.15. The van der Waals surface area contributed by atoms with E-state index >= 15 is 0 Å². The fourth-order valence-corrected chi connectivity index (χ4v) is 1.95. The number of rotatable bonds is 7. The number of imidazole rings is 1. The largest absolute Gasteiger partial charge is 0.354 e. The van der Waals surface area contributed by atoms with Crippen LogP contribution in [0.4, 0.5) is 11.9 Å². The van der Waals surface area contributed by atoms with Crippen LogP contribution < -0.4 is 10.2 Å². The van der Waals surface area contributed by atoms with Crippen LogP contribution in [-0.2, 0) is 6.42 Å². The summed E-state index contributed by atoms with van der Waals surface area (Å²) in [6, 6.07) is 0. The highest BCUT2D eigenvalue weighted by Gasteiger charge is 2.09. The van der Waals surface area contributed by atoms with Gasteiger partial charge in [-0.05, 0) is 25.4 Å². The van der Waals surface area contributed by atoms with E-state index < -0.39 is 0 Å². The number of nitrogens with one attached hydrogen (secondary N) is 2. The predicted molar refractivity (Wildman–Crippen MR) is 79.2 cm³/mol. The minimum Gasteiger partial charge on any atom is -0.354 e. The van der Waals surface area contributed by atoms with Crippen molar-refractivity contribution in [2.24, 2.45) is 0 Å². The van der Waals surface area contributed by atoms with Gasteiger partial charge in [-0.25, -0.2) is 4.98 Å². The van der Waals surface area contributed by atoms with Gasteiger partial charge in [0.1, 0.15) is 0 Å². The molecule has 0 aromatic carbocycles. The Labute approximate surface area is 122 Å².